The lowest BCUT2D eigenvalue weighted by Gasteiger charge is -2.03. The van der Waals surface area contributed by atoms with Crippen molar-refractivity contribution in [1.82, 2.24) is 0 Å². The highest BCUT2D eigenvalue weighted by atomic mass is 32.1. The summed E-state index contributed by atoms with van der Waals surface area (Å²) in [5, 5.41) is 1.93. The minimum atomic E-state index is -0.471. The van der Waals surface area contributed by atoms with E-state index in [1.54, 1.807) is 0 Å². The first-order valence-electron chi connectivity index (χ1n) is 3.11. The SMILES string of the molecule is Cc1ccsc1[C@H](N)CF. The van der Waals surface area contributed by atoms with E-state index in [1.807, 2.05) is 18.4 Å². The molecule has 56 valence electrons. The highest BCUT2D eigenvalue weighted by molar-refractivity contribution is 7.10. The number of halogens is 1. The molecule has 3 heteroatoms. The molecule has 0 bridgehead atoms. The second-order valence-electron chi connectivity index (χ2n) is 2.23. The van der Waals surface area contributed by atoms with E-state index in [0.717, 1.165) is 10.4 Å². The van der Waals surface area contributed by atoms with E-state index in [1.165, 1.54) is 11.3 Å². The monoisotopic (exact) mass is 159 g/mol. The van der Waals surface area contributed by atoms with Crippen LogP contribution in [0.5, 0.6) is 0 Å². The van der Waals surface area contributed by atoms with Gasteiger partial charge in [-0.2, -0.15) is 0 Å². The van der Waals surface area contributed by atoms with E-state index in [2.05, 4.69) is 0 Å². The highest BCUT2D eigenvalue weighted by Crippen LogP contribution is 2.21. The van der Waals surface area contributed by atoms with Gasteiger partial charge in [0, 0.05) is 4.88 Å². The Hall–Kier alpha value is -0.410. The van der Waals surface area contributed by atoms with Crippen LogP contribution in [0.15, 0.2) is 11.4 Å². The fourth-order valence-corrected chi connectivity index (χ4v) is 1.74. The average Bonchev–Trinajstić information content (AvgIpc) is 2.34. The quantitative estimate of drug-likeness (QED) is 0.702. The topological polar surface area (TPSA) is 26.0 Å². The van der Waals surface area contributed by atoms with Crippen LogP contribution in [-0.4, -0.2) is 6.67 Å². The molecule has 0 aromatic carbocycles. The molecule has 1 rings (SSSR count). The summed E-state index contributed by atoms with van der Waals surface area (Å²) in [7, 11) is 0. The van der Waals surface area contributed by atoms with Crippen molar-refractivity contribution in [3.8, 4) is 0 Å². The molecule has 0 unspecified atom stereocenters. The number of hydrogen-bond donors (Lipinski definition) is 1. The van der Waals surface area contributed by atoms with Gasteiger partial charge in [-0.25, -0.2) is 4.39 Å². The van der Waals surface area contributed by atoms with Crippen LogP contribution in [0.3, 0.4) is 0 Å². The van der Waals surface area contributed by atoms with Crippen molar-refractivity contribution in [3.63, 3.8) is 0 Å². The van der Waals surface area contributed by atoms with Gasteiger partial charge in [0.15, 0.2) is 0 Å². The molecule has 10 heavy (non-hydrogen) atoms. The first-order chi connectivity index (χ1) is 4.75. The molecule has 0 fully saturated rings. The molecule has 1 aromatic heterocycles. The summed E-state index contributed by atoms with van der Waals surface area (Å²) in [6.45, 7) is 1.47. The Balaban J connectivity index is 2.82. The molecular formula is C7H10FNS. The van der Waals surface area contributed by atoms with Gasteiger partial charge in [0.2, 0.25) is 0 Å². The Morgan fingerprint density at radius 2 is 2.50 bits per heavy atom. The summed E-state index contributed by atoms with van der Waals surface area (Å²) in [4.78, 5) is 0.961. The minimum Gasteiger partial charge on any atom is -0.321 e. The lowest BCUT2D eigenvalue weighted by Crippen LogP contribution is -2.11. The van der Waals surface area contributed by atoms with Gasteiger partial charge >= 0.3 is 0 Å². The van der Waals surface area contributed by atoms with Crippen molar-refractivity contribution >= 4 is 11.3 Å². The van der Waals surface area contributed by atoms with Crippen LogP contribution in [0.4, 0.5) is 4.39 Å². The number of rotatable bonds is 2. The lowest BCUT2D eigenvalue weighted by atomic mass is 10.2. The van der Waals surface area contributed by atoms with Crippen LogP contribution in [0.1, 0.15) is 16.5 Å². The first-order valence-corrected chi connectivity index (χ1v) is 3.99. The standard InChI is InChI=1S/C7H10FNS/c1-5-2-3-10-7(5)6(9)4-8/h2-3,6H,4,9H2,1H3/t6-/m1/s1. The van der Waals surface area contributed by atoms with Gasteiger partial charge in [-0.3, -0.25) is 0 Å². The van der Waals surface area contributed by atoms with Crippen molar-refractivity contribution in [1.29, 1.82) is 0 Å². The molecule has 0 saturated carbocycles. The van der Waals surface area contributed by atoms with Gasteiger partial charge < -0.3 is 5.73 Å². The second kappa shape index (κ2) is 3.12. The fourth-order valence-electron chi connectivity index (χ4n) is 0.834. The maximum absolute atomic E-state index is 12.0. The molecule has 0 aliphatic heterocycles. The van der Waals surface area contributed by atoms with Crippen molar-refractivity contribution in [3.05, 3.63) is 21.9 Å². The molecule has 1 nitrogen and oxygen atoms in total. The van der Waals surface area contributed by atoms with Gasteiger partial charge in [0.25, 0.3) is 0 Å². The Kier molecular flexibility index (Phi) is 2.40. The summed E-state index contributed by atoms with van der Waals surface area (Å²) < 4.78 is 12.0. The normalized spacial score (nSPS) is 13.5. The van der Waals surface area contributed by atoms with E-state index < -0.39 is 12.7 Å². The molecule has 0 spiro atoms. The van der Waals surface area contributed by atoms with E-state index in [9.17, 15) is 4.39 Å². The van der Waals surface area contributed by atoms with Gasteiger partial charge in [0.05, 0.1) is 6.04 Å². The van der Waals surface area contributed by atoms with Gasteiger partial charge in [-0.05, 0) is 23.9 Å². The van der Waals surface area contributed by atoms with E-state index in [0.29, 0.717) is 0 Å². The summed E-state index contributed by atoms with van der Waals surface area (Å²) in [5.41, 5.74) is 6.57. The zero-order chi connectivity index (χ0) is 7.56. The molecule has 0 saturated heterocycles. The largest absolute Gasteiger partial charge is 0.321 e. The Morgan fingerprint density at radius 1 is 1.80 bits per heavy atom. The van der Waals surface area contributed by atoms with E-state index >= 15 is 0 Å². The van der Waals surface area contributed by atoms with Crippen LogP contribution in [0.25, 0.3) is 0 Å². The summed E-state index contributed by atoms with van der Waals surface area (Å²) in [6, 6.07) is 1.54. The molecule has 1 atom stereocenters. The molecule has 0 radical (unpaired) electrons. The second-order valence-corrected chi connectivity index (χ2v) is 3.18. The van der Waals surface area contributed by atoms with Gasteiger partial charge in [0.1, 0.15) is 6.67 Å². The van der Waals surface area contributed by atoms with E-state index in [4.69, 9.17) is 5.73 Å². The number of alkyl halides is 1. The smallest absolute Gasteiger partial charge is 0.109 e. The molecule has 0 amide bonds. The van der Waals surface area contributed by atoms with Gasteiger partial charge in [-0.15, -0.1) is 11.3 Å². The van der Waals surface area contributed by atoms with Gasteiger partial charge in [-0.1, -0.05) is 0 Å². The third kappa shape index (κ3) is 1.36. The fraction of sp³-hybridized carbons (Fsp3) is 0.429. The maximum Gasteiger partial charge on any atom is 0.109 e. The predicted octanol–water partition coefficient (Wildman–Crippen LogP) is 2.03. The van der Waals surface area contributed by atoms with Crippen molar-refractivity contribution in [2.75, 3.05) is 6.67 Å². The predicted molar refractivity (Wildman–Crippen MR) is 42.0 cm³/mol. The number of thiophene rings is 1. The van der Waals surface area contributed by atoms with E-state index in [-0.39, 0.29) is 0 Å². The molecule has 1 aromatic rings. The van der Waals surface area contributed by atoms with Crippen LogP contribution in [-0.2, 0) is 0 Å². The average molecular weight is 159 g/mol. The molecule has 2 N–H and O–H groups in total. The van der Waals surface area contributed by atoms with Crippen LogP contribution >= 0.6 is 11.3 Å². The number of aryl methyl sites for hydroxylation is 1. The summed E-state index contributed by atoms with van der Waals surface area (Å²) in [5.74, 6) is 0. The zero-order valence-electron chi connectivity index (χ0n) is 5.80. The van der Waals surface area contributed by atoms with Crippen LogP contribution < -0.4 is 5.73 Å². The highest BCUT2D eigenvalue weighted by Gasteiger charge is 2.08. The van der Waals surface area contributed by atoms with Crippen LogP contribution in [0, 0.1) is 6.92 Å². The minimum absolute atomic E-state index is 0.417. The van der Waals surface area contributed by atoms with Crippen LogP contribution in [0.2, 0.25) is 0 Å². The lowest BCUT2D eigenvalue weighted by molar-refractivity contribution is 0.440. The molecule has 0 aliphatic rings. The zero-order valence-corrected chi connectivity index (χ0v) is 6.62. The number of nitrogens with two attached hydrogens (primary N) is 1. The summed E-state index contributed by atoms with van der Waals surface area (Å²) >= 11 is 1.52. The Labute approximate surface area is 63.7 Å². The summed E-state index contributed by atoms with van der Waals surface area (Å²) in [6.07, 6.45) is 0. The Bertz CT molecular complexity index is 209. The number of hydrogen-bond acceptors (Lipinski definition) is 2. The van der Waals surface area contributed by atoms with Crippen molar-refractivity contribution in [2.24, 2.45) is 5.73 Å². The van der Waals surface area contributed by atoms with Crippen molar-refractivity contribution < 1.29 is 4.39 Å². The molecular weight excluding hydrogens is 149 g/mol. The third-order valence-electron chi connectivity index (χ3n) is 1.40. The Morgan fingerprint density at radius 3 is 2.90 bits per heavy atom. The third-order valence-corrected chi connectivity index (χ3v) is 2.56. The molecule has 1 heterocycles. The van der Waals surface area contributed by atoms with Crippen molar-refractivity contribution in [2.45, 2.75) is 13.0 Å². The maximum atomic E-state index is 12.0. The molecule has 0 aliphatic carbocycles. The first kappa shape index (κ1) is 7.69.